The molecule has 2 bridgehead atoms. The predicted octanol–water partition coefficient (Wildman–Crippen LogP) is 2.06. The Balaban J connectivity index is 1.83. The third kappa shape index (κ3) is 2.40. The lowest BCUT2D eigenvalue weighted by Gasteiger charge is -2.26. The lowest BCUT2D eigenvalue weighted by molar-refractivity contribution is -0.385. The van der Waals surface area contributed by atoms with E-state index in [0.717, 1.165) is 32.0 Å². The highest BCUT2D eigenvalue weighted by atomic mass is 19.1. The van der Waals surface area contributed by atoms with Crippen LogP contribution in [0.15, 0.2) is 18.2 Å². The van der Waals surface area contributed by atoms with Crippen molar-refractivity contribution in [3.63, 3.8) is 0 Å². The molecule has 0 amide bonds. The number of anilines is 1. The summed E-state index contributed by atoms with van der Waals surface area (Å²) in [6.45, 7) is 1.56. The number of nitro benzene ring substituents is 1. The molecule has 0 radical (unpaired) electrons. The van der Waals surface area contributed by atoms with Crippen LogP contribution in [0.25, 0.3) is 0 Å². The Labute approximate surface area is 110 Å². The van der Waals surface area contributed by atoms with Gasteiger partial charge in [0, 0.05) is 31.2 Å². The zero-order valence-electron chi connectivity index (χ0n) is 10.5. The zero-order chi connectivity index (χ0) is 13.4. The number of rotatable bonds is 2. The molecule has 6 heteroatoms. The van der Waals surface area contributed by atoms with Crippen molar-refractivity contribution in [3.8, 4) is 0 Å². The van der Waals surface area contributed by atoms with Crippen molar-refractivity contribution in [2.24, 2.45) is 0 Å². The predicted molar refractivity (Wildman–Crippen MR) is 69.8 cm³/mol. The van der Waals surface area contributed by atoms with E-state index in [9.17, 15) is 14.5 Å². The number of benzene rings is 1. The van der Waals surface area contributed by atoms with Gasteiger partial charge in [-0.2, -0.15) is 0 Å². The van der Waals surface area contributed by atoms with Gasteiger partial charge in [0.2, 0.25) is 0 Å². The number of nitrogens with one attached hydrogen (secondary N) is 1. The smallest absolute Gasteiger partial charge is 0.272 e. The van der Waals surface area contributed by atoms with Gasteiger partial charge >= 0.3 is 0 Å². The lowest BCUT2D eigenvalue weighted by Crippen LogP contribution is -2.35. The second kappa shape index (κ2) is 4.77. The SMILES string of the molecule is O=[N+]([O-])c1ccc(N2CCC3CCC(C2)N3)c(F)c1. The first-order valence-corrected chi connectivity index (χ1v) is 6.58. The number of fused-ring (bicyclic) bond motifs is 2. The van der Waals surface area contributed by atoms with E-state index in [1.165, 1.54) is 18.6 Å². The number of hydrogen-bond donors (Lipinski definition) is 1. The minimum Gasteiger partial charge on any atom is -0.368 e. The van der Waals surface area contributed by atoms with E-state index in [4.69, 9.17) is 0 Å². The highest BCUT2D eigenvalue weighted by Crippen LogP contribution is 2.28. The molecule has 2 heterocycles. The van der Waals surface area contributed by atoms with Crippen molar-refractivity contribution in [2.45, 2.75) is 31.3 Å². The molecule has 1 aromatic carbocycles. The van der Waals surface area contributed by atoms with E-state index in [-0.39, 0.29) is 5.69 Å². The molecule has 1 aromatic rings. The summed E-state index contributed by atoms with van der Waals surface area (Å²) in [6, 6.07) is 4.84. The Kier molecular flexibility index (Phi) is 3.10. The molecule has 2 fully saturated rings. The van der Waals surface area contributed by atoms with Crippen molar-refractivity contribution >= 4 is 11.4 Å². The van der Waals surface area contributed by atoms with Crippen LogP contribution in [0.4, 0.5) is 15.8 Å². The third-order valence-electron chi connectivity index (χ3n) is 4.01. The van der Waals surface area contributed by atoms with Gasteiger partial charge in [-0.05, 0) is 25.3 Å². The Morgan fingerprint density at radius 3 is 2.84 bits per heavy atom. The molecule has 2 atom stereocenters. The summed E-state index contributed by atoms with van der Waals surface area (Å²) in [7, 11) is 0. The molecular formula is C13H16FN3O2. The molecule has 19 heavy (non-hydrogen) atoms. The monoisotopic (exact) mass is 265 g/mol. The van der Waals surface area contributed by atoms with Gasteiger partial charge in [0.25, 0.3) is 5.69 Å². The quantitative estimate of drug-likeness (QED) is 0.657. The number of halogens is 1. The van der Waals surface area contributed by atoms with Crippen LogP contribution in [-0.4, -0.2) is 30.1 Å². The summed E-state index contributed by atoms with van der Waals surface area (Å²) >= 11 is 0. The fourth-order valence-electron chi connectivity index (χ4n) is 3.03. The Hall–Kier alpha value is -1.69. The van der Waals surface area contributed by atoms with Crippen LogP contribution in [-0.2, 0) is 0 Å². The normalized spacial score (nSPS) is 26.3. The van der Waals surface area contributed by atoms with Crippen molar-refractivity contribution in [2.75, 3.05) is 18.0 Å². The Morgan fingerprint density at radius 2 is 2.11 bits per heavy atom. The molecular weight excluding hydrogens is 249 g/mol. The topological polar surface area (TPSA) is 58.4 Å². The molecule has 3 rings (SSSR count). The van der Waals surface area contributed by atoms with Crippen LogP contribution >= 0.6 is 0 Å². The van der Waals surface area contributed by atoms with Gasteiger partial charge in [-0.25, -0.2) is 4.39 Å². The van der Waals surface area contributed by atoms with E-state index >= 15 is 0 Å². The molecule has 0 aliphatic carbocycles. The highest BCUT2D eigenvalue weighted by molar-refractivity contribution is 5.52. The van der Waals surface area contributed by atoms with Gasteiger partial charge < -0.3 is 10.2 Å². The first-order chi connectivity index (χ1) is 9.13. The number of hydrogen-bond acceptors (Lipinski definition) is 4. The molecule has 0 aromatic heterocycles. The molecule has 2 aliphatic heterocycles. The molecule has 0 spiro atoms. The van der Waals surface area contributed by atoms with E-state index < -0.39 is 10.7 Å². The van der Waals surface area contributed by atoms with E-state index in [2.05, 4.69) is 5.32 Å². The van der Waals surface area contributed by atoms with Crippen molar-refractivity contribution in [1.82, 2.24) is 5.32 Å². The number of nitro groups is 1. The van der Waals surface area contributed by atoms with Gasteiger partial charge in [0.15, 0.2) is 5.82 Å². The maximum absolute atomic E-state index is 14.0. The summed E-state index contributed by atoms with van der Waals surface area (Å²) in [5.74, 6) is -0.507. The molecule has 2 unspecified atom stereocenters. The Bertz CT molecular complexity index is 509. The van der Waals surface area contributed by atoms with Crippen molar-refractivity contribution in [1.29, 1.82) is 0 Å². The average Bonchev–Trinajstić information content (AvgIpc) is 2.70. The van der Waals surface area contributed by atoms with Crippen LogP contribution in [0.3, 0.4) is 0 Å². The zero-order valence-corrected chi connectivity index (χ0v) is 10.5. The van der Waals surface area contributed by atoms with E-state index in [1.54, 1.807) is 0 Å². The van der Waals surface area contributed by atoms with Crippen LogP contribution in [0.5, 0.6) is 0 Å². The van der Waals surface area contributed by atoms with Crippen molar-refractivity contribution < 1.29 is 9.31 Å². The van der Waals surface area contributed by atoms with Crippen LogP contribution in [0.2, 0.25) is 0 Å². The van der Waals surface area contributed by atoms with Gasteiger partial charge in [0.1, 0.15) is 0 Å². The molecule has 2 aliphatic rings. The number of nitrogens with zero attached hydrogens (tertiary/aromatic N) is 2. The standard InChI is InChI=1S/C13H16FN3O2/c14-12-7-11(17(18)19)3-4-13(12)16-6-5-9-1-2-10(8-16)15-9/h3-4,7,9-10,15H,1-2,5-6,8H2. The molecule has 102 valence electrons. The van der Waals surface area contributed by atoms with Gasteiger partial charge in [-0.1, -0.05) is 0 Å². The highest BCUT2D eigenvalue weighted by Gasteiger charge is 2.30. The second-order valence-electron chi connectivity index (χ2n) is 5.27. The van der Waals surface area contributed by atoms with Crippen LogP contribution < -0.4 is 10.2 Å². The van der Waals surface area contributed by atoms with E-state index in [0.29, 0.717) is 17.8 Å². The van der Waals surface area contributed by atoms with E-state index in [1.807, 2.05) is 4.90 Å². The molecule has 5 nitrogen and oxygen atoms in total. The summed E-state index contributed by atoms with van der Waals surface area (Å²) in [5.41, 5.74) is 0.274. The maximum atomic E-state index is 14.0. The first-order valence-electron chi connectivity index (χ1n) is 6.58. The summed E-state index contributed by atoms with van der Waals surface area (Å²) in [6.07, 6.45) is 3.31. The first kappa shape index (κ1) is 12.3. The molecule has 0 saturated carbocycles. The lowest BCUT2D eigenvalue weighted by atomic mass is 10.1. The summed E-state index contributed by atoms with van der Waals surface area (Å²) < 4.78 is 14.0. The van der Waals surface area contributed by atoms with Crippen LogP contribution in [0.1, 0.15) is 19.3 Å². The van der Waals surface area contributed by atoms with Crippen molar-refractivity contribution in [3.05, 3.63) is 34.1 Å². The molecule has 2 saturated heterocycles. The van der Waals surface area contributed by atoms with Gasteiger partial charge in [-0.3, -0.25) is 10.1 Å². The van der Waals surface area contributed by atoms with Gasteiger partial charge in [-0.15, -0.1) is 0 Å². The maximum Gasteiger partial charge on any atom is 0.272 e. The van der Waals surface area contributed by atoms with Crippen LogP contribution in [0, 0.1) is 15.9 Å². The molecule has 1 N–H and O–H groups in total. The Morgan fingerprint density at radius 1 is 1.32 bits per heavy atom. The van der Waals surface area contributed by atoms with Gasteiger partial charge in [0.05, 0.1) is 16.7 Å². The number of non-ortho nitro benzene ring substituents is 1. The third-order valence-corrected chi connectivity index (χ3v) is 4.01. The average molecular weight is 265 g/mol. The minimum atomic E-state index is -0.571. The fraction of sp³-hybridized carbons (Fsp3) is 0.538. The summed E-state index contributed by atoms with van der Waals surface area (Å²) in [5, 5.41) is 14.1. The minimum absolute atomic E-state index is 0.198. The largest absolute Gasteiger partial charge is 0.368 e. The fourth-order valence-corrected chi connectivity index (χ4v) is 3.03. The second-order valence-corrected chi connectivity index (χ2v) is 5.27. The summed E-state index contributed by atoms with van der Waals surface area (Å²) in [4.78, 5) is 12.0.